The molecule has 4 aliphatic carbocycles. The second-order valence-electron chi connectivity index (χ2n) is 7.61. The van der Waals surface area contributed by atoms with Crippen LogP contribution in [0.15, 0.2) is 0 Å². The summed E-state index contributed by atoms with van der Waals surface area (Å²) in [6.07, 6.45) is 7.17. The maximum absolute atomic E-state index is 12.0. The van der Waals surface area contributed by atoms with E-state index in [9.17, 15) is 4.79 Å². The van der Waals surface area contributed by atoms with Crippen LogP contribution in [0.4, 0.5) is 0 Å². The van der Waals surface area contributed by atoms with Crippen molar-refractivity contribution in [1.82, 2.24) is 5.32 Å². The van der Waals surface area contributed by atoms with Crippen molar-refractivity contribution in [2.45, 2.75) is 52.0 Å². The molecule has 0 heterocycles. The van der Waals surface area contributed by atoms with E-state index in [0.717, 1.165) is 36.1 Å². The first-order chi connectivity index (χ1) is 9.04. The molecule has 0 saturated heterocycles. The highest BCUT2D eigenvalue weighted by Crippen LogP contribution is 2.56. The number of carbonyl (C=O) groups excluding carboxylic acids is 1. The quantitative estimate of drug-likeness (QED) is 0.817. The van der Waals surface area contributed by atoms with Crippen LogP contribution in [0.25, 0.3) is 0 Å². The fourth-order valence-electron chi connectivity index (χ4n) is 5.01. The van der Waals surface area contributed by atoms with Gasteiger partial charge in [-0.2, -0.15) is 0 Å². The second-order valence-corrected chi connectivity index (χ2v) is 7.61. The lowest BCUT2D eigenvalue weighted by molar-refractivity contribution is -0.124. The van der Waals surface area contributed by atoms with Crippen molar-refractivity contribution in [3.8, 4) is 0 Å². The molecule has 0 radical (unpaired) electrons. The van der Waals surface area contributed by atoms with E-state index in [2.05, 4.69) is 5.32 Å². The van der Waals surface area contributed by atoms with Crippen LogP contribution in [0, 0.1) is 35.5 Å². The van der Waals surface area contributed by atoms with Crippen molar-refractivity contribution in [2.75, 3.05) is 6.54 Å². The van der Waals surface area contributed by atoms with Crippen LogP contribution in [0.3, 0.4) is 0 Å². The molecule has 0 spiro atoms. The van der Waals surface area contributed by atoms with E-state index >= 15 is 0 Å². The zero-order valence-corrected chi connectivity index (χ0v) is 12.3. The molecule has 3 nitrogen and oxygen atoms in total. The molecule has 4 rings (SSSR count). The lowest BCUT2D eigenvalue weighted by Gasteiger charge is -2.54. The van der Waals surface area contributed by atoms with Crippen molar-refractivity contribution in [2.24, 2.45) is 41.2 Å². The summed E-state index contributed by atoms with van der Waals surface area (Å²) in [5.41, 5.74) is 5.91. The summed E-state index contributed by atoms with van der Waals surface area (Å²) < 4.78 is 0. The molecular formula is C16H28N2O. The van der Waals surface area contributed by atoms with Crippen LogP contribution >= 0.6 is 0 Å². The maximum Gasteiger partial charge on any atom is 0.237 e. The number of hydrogen-bond acceptors (Lipinski definition) is 2. The van der Waals surface area contributed by atoms with Crippen LogP contribution in [-0.2, 0) is 4.79 Å². The number of rotatable bonds is 4. The van der Waals surface area contributed by atoms with Crippen LogP contribution in [0.1, 0.15) is 46.0 Å². The van der Waals surface area contributed by atoms with Crippen molar-refractivity contribution in [3.05, 3.63) is 0 Å². The fraction of sp³-hybridized carbons (Fsp3) is 0.938. The average Bonchev–Trinajstić information content (AvgIpc) is 2.35. The van der Waals surface area contributed by atoms with Gasteiger partial charge < -0.3 is 11.1 Å². The predicted octanol–water partition coefficient (Wildman–Crippen LogP) is 2.16. The van der Waals surface area contributed by atoms with Gasteiger partial charge in [-0.05, 0) is 67.6 Å². The van der Waals surface area contributed by atoms with Crippen LogP contribution < -0.4 is 11.1 Å². The Morgan fingerprint density at radius 3 is 2.11 bits per heavy atom. The molecule has 4 saturated carbocycles. The monoisotopic (exact) mass is 264 g/mol. The van der Waals surface area contributed by atoms with Gasteiger partial charge in [-0.15, -0.1) is 0 Å². The molecule has 0 aliphatic heterocycles. The predicted molar refractivity (Wildman–Crippen MR) is 76.4 cm³/mol. The number of nitrogens with one attached hydrogen (secondary N) is 1. The van der Waals surface area contributed by atoms with Crippen molar-refractivity contribution < 1.29 is 4.79 Å². The van der Waals surface area contributed by atoms with Crippen molar-refractivity contribution >= 4 is 5.91 Å². The largest absolute Gasteiger partial charge is 0.354 e. The van der Waals surface area contributed by atoms with Gasteiger partial charge in [-0.3, -0.25) is 4.79 Å². The zero-order valence-electron chi connectivity index (χ0n) is 12.3. The molecule has 1 amide bonds. The van der Waals surface area contributed by atoms with E-state index in [1.165, 1.54) is 32.1 Å². The van der Waals surface area contributed by atoms with Crippen LogP contribution in [0.2, 0.25) is 0 Å². The normalized spacial score (nSPS) is 41.6. The first-order valence-corrected chi connectivity index (χ1v) is 8.08. The van der Waals surface area contributed by atoms with Gasteiger partial charge in [0.2, 0.25) is 5.91 Å². The Morgan fingerprint density at radius 2 is 1.63 bits per heavy atom. The van der Waals surface area contributed by atoms with E-state index in [-0.39, 0.29) is 17.9 Å². The van der Waals surface area contributed by atoms with E-state index in [1.54, 1.807) is 0 Å². The highest BCUT2D eigenvalue weighted by atomic mass is 16.2. The summed E-state index contributed by atoms with van der Waals surface area (Å²) in [6.45, 7) is 4.88. The Bertz CT molecular complexity index is 325. The Labute approximate surface area is 116 Å². The molecule has 0 aromatic rings. The lowest BCUT2D eigenvalue weighted by Crippen LogP contribution is -2.51. The second kappa shape index (κ2) is 5.08. The third-order valence-corrected chi connectivity index (χ3v) is 5.95. The summed E-state index contributed by atoms with van der Waals surface area (Å²) in [6, 6.07) is -0.350. The van der Waals surface area contributed by atoms with Gasteiger partial charge in [0.05, 0.1) is 6.04 Å². The lowest BCUT2D eigenvalue weighted by atomic mass is 9.52. The molecule has 3 N–H and O–H groups in total. The molecule has 0 aromatic carbocycles. The maximum atomic E-state index is 12.0. The molecular weight excluding hydrogens is 236 g/mol. The van der Waals surface area contributed by atoms with Crippen molar-refractivity contribution in [1.29, 1.82) is 0 Å². The van der Waals surface area contributed by atoms with Crippen molar-refractivity contribution in [3.63, 3.8) is 0 Å². The SMILES string of the molecule is CC(C)[C@H](N)C(=O)NCC1C2CC3CC(C2)CC1C3. The molecule has 108 valence electrons. The summed E-state index contributed by atoms with van der Waals surface area (Å²) in [5.74, 6) is 4.77. The minimum Gasteiger partial charge on any atom is -0.354 e. The summed E-state index contributed by atoms with van der Waals surface area (Å²) in [5, 5.41) is 3.13. The standard InChI is InChI=1S/C16H28N2O/c1-9(2)15(17)16(19)18-8-14-12-4-10-3-11(6-12)7-13(14)5-10/h9-15H,3-8,17H2,1-2H3,(H,18,19)/t10?,11?,12?,13?,14?,15-/m0/s1. The number of nitrogens with two attached hydrogens (primary N) is 1. The number of carbonyl (C=O) groups is 1. The van der Waals surface area contributed by atoms with Gasteiger partial charge in [0, 0.05) is 6.54 Å². The van der Waals surface area contributed by atoms with Gasteiger partial charge in [0.1, 0.15) is 0 Å². The van der Waals surface area contributed by atoms with Gasteiger partial charge in [-0.25, -0.2) is 0 Å². The topological polar surface area (TPSA) is 55.1 Å². The number of hydrogen-bond donors (Lipinski definition) is 2. The van der Waals surface area contributed by atoms with Gasteiger partial charge in [0.15, 0.2) is 0 Å². The molecule has 4 fully saturated rings. The Kier molecular flexibility index (Phi) is 3.59. The molecule has 3 heteroatoms. The summed E-state index contributed by atoms with van der Waals surface area (Å²) in [7, 11) is 0. The molecule has 19 heavy (non-hydrogen) atoms. The van der Waals surface area contributed by atoms with E-state index in [0.29, 0.717) is 0 Å². The van der Waals surface area contributed by atoms with Gasteiger partial charge in [-0.1, -0.05) is 13.8 Å². The van der Waals surface area contributed by atoms with Crippen LogP contribution in [-0.4, -0.2) is 18.5 Å². The minimum atomic E-state index is -0.350. The van der Waals surface area contributed by atoms with E-state index in [1.807, 2.05) is 13.8 Å². The third-order valence-electron chi connectivity index (χ3n) is 5.95. The average molecular weight is 264 g/mol. The first kappa shape index (κ1) is 13.4. The highest BCUT2D eigenvalue weighted by molar-refractivity contribution is 5.81. The Morgan fingerprint density at radius 1 is 1.11 bits per heavy atom. The molecule has 4 bridgehead atoms. The third kappa shape index (κ3) is 2.54. The Balaban J connectivity index is 1.55. The van der Waals surface area contributed by atoms with Crippen LogP contribution in [0.5, 0.6) is 0 Å². The molecule has 4 aliphatic rings. The van der Waals surface area contributed by atoms with Gasteiger partial charge >= 0.3 is 0 Å². The minimum absolute atomic E-state index is 0.0452. The van der Waals surface area contributed by atoms with E-state index < -0.39 is 0 Å². The van der Waals surface area contributed by atoms with E-state index in [4.69, 9.17) is 5.73 Å². The molecule has 0 unspecified atom stereocenters. The molecule has 1 atom stereocenters. The fourth-order valence-corrected chi connectivity index (χ4v) is 5.01. The smallest absolute Gasteiger partial charge is 0.237 e. The first-order valence-electron chi connectivity index (χ1n) is 8.08. The molecule has 0 aromatic heterocycles. The number of amides is 1. The zero-order chi connectivity index (χ0) is 13.6. The highest BCUT2D eigenvalue weighted by Gasteiger charge is 2.47. The Hall–Kier alpha value is -0.570. The summed E-state index contributed by atoms with van der Waals surface area (Å²) >= 11 is 0. The summed E-state index contributed by atoms with van der Waals surface area (Å²) in [4.78, 5) is 12.0. The van der Waals surface area contributed by atoms with Gasteiger partial charge in [0.25, 0.3) is 0 Å².